The first-order valence-corrected chi connectivity index (χ1v) is 10.0. The fourth-order valence-electron chi connectivity index (χ4n) is 1.98. The maximum Gasteiger partial charge on any atom is 0.307 e. The summed E-state index contributed by atoms with van der Waals surface area (Å²) in [5.74, 6) is -1.42. The molecule has 0 saturated carbocycles. The minimum atomic E-state index is -3.40. The van der Waals surface area contributed by atoms with Gasteiger partial charge in [-0.2, -0.15) is 0 Å². The fourth-order valence-corrected chi connectivity index (χ4v) is 3.25. The topological polar surface area (TPSA) is 86.7 Å². The molecule has 0 aromatic heterocycles. The van der Waals surface area contributed by atoms with E-state index in [1.165, 1.54) is 0 Å². The van der Waals surface area contributed by atoms with Gasteiger partial charge in [0.15, 0.2) is 9.84 Å². The van der Waals surface area contributed by atoms with E-state index in [0.717, 1.165) is 5.56 Å². The Morgan fingerprint density at radius 2 is 1.60 bits per heavy atom. The van der Waals surface area contributed by atoms with Crippen LogP contribution in [0, 0.1) is 0 Å². The Hall–Kier alpha value is -1.89. The predicted molar refractivity (Wildman–Crippen MR) is 94.6 cm³/mol. The second-order valence-electron chi connectivity index (χ2n) is 6.74. The largest absolute Gasteiger partial charge is 0.461 e. The maximum atomic E-state index is 11.9. The van der Waals surface area contributed by atoms with Gasteiger partial charge in [-0.3, -0.25) is 9.59 Å². The molecule has 0 spiro atoms. The Labute approximate surface area is 149 Å². The van der Waals surface area contributed by atoms with E-state index in [0.29, 0.717) is 0 Å². The Morgan fingerprint density at radius 3 is 2.20 bits per heavy atom. The van der Waals surface area contributed by atoms with Gasteiger partial charge in [0.05, 0.1) is 17.9 Å². The molecule has 0 amide bonds. The lowest BCUT2D eigenvalue weighted by atomic mass is 10.2. The Bertz CT molecular complexity index is 659. The van der Waals surface area contributed by atoms with Gasteiger partial charge in [-0.05, 0) is 32.8 Å². The van der Waals surface area contributed by atoms with Crippen LogP contribution < -0.4 is 0 Å². The van der Waals surface area contributed by atoms with Crippen LogP contribution in [-0.2, 0) is 35.5 Å². The van der Waals surface area contributed by atoms with E-state index < -0.39 is 27.4 Å². The van der Waals surface area contributed by atoms with E-state index in [2.05, 4.69) is 0 Å². The molecule has 0 bridgehead atoms. The Kier molecular flexibility index (Phi) is 8.09. The van der Waals surface area contributed by atoms with Crippen molar-refractivity contribution in [2.75, 3.05) is 11.5 Å². The van der Waals surface area contributed by atoms with Gasteiger partial charge >= 0.3 is 11.9 Å². The van der Waals surface area contributed by atoms with Crippen LogP contribution in [0.15, 0.2) is 30.3 Å². The SMILES string of the molecule is CC(C)(C)OC(=O)CCS(=O)(=O)CCCC(=O)OCc1ccccc1. The fraction of sp³-hybridized carbons (Fsp3) is 0.556. The van der Waals surface area contributed by atoms with Crippen molar-refractivity contribution in [3.05, 3.63) is 35.9 Å². The normalized spacial score (nSPS) is 11.8. The molecule has 0 aliphatic heterocycles. The van der Waals surface area contributed by atoms with E-state index >= 15 is 0 Å². The van der Waals surface area contributed by atoms with Crippen molar-refractivity contribution in [3.8, 4) is 0 Å². The highest BCUT2D eigenvalue weighted by molar-refractivity contribution is 7.91. The van der Waals surface area contributed by atoms with E-state index in [1.54, 1.807) is 20.8 Å². The minimum Gasteiger partial charge on any atom is -0.461 e. The maximum absolute atomic E-state index is 11.9. The summed E-state index contributed by atoms with van der Waals surface area (Å²) in [5, 5.41) is 0. The summed E-state index contributed by atoms with van der Waals surface area (Å²) < 4.78 is 34.0. The van der Waals surface area contributed by atoms with E-state index in [1.807, 2.05) is 30.3 Å². The van der Waals surface area contributed by atoms with Gasteiger partial charge in [-0.15, -0.1) is 0 Å². The van der Waals surface area contributed by atoms with Crippen molar-refractivity contribution < 1.29 is 27.5 Å². The predicted octanol–water partition coefficient (Wildman–Crippen LogP) is 2.66. The second kappa shape index (κ2) is 9.56. The van der Waals surface area contributed by atoms with Gasteiger partial charge in [0.1, 0.15) is 12.2 Å². The number of benzene rings is 1. The second-order valence-corrected chi connectivity index (χ2v) is 9.04. The van der Waals surface area contributed by atoms with Crippen LogP contribution in [-0.4, -0.2) is 37.5 Å². The first-order valence-electron chi connectivity index (χ1n) is 8.19. The summed E-state index contributed by atoms with van der Waals surface area (Å²) in [5.41, 5.74) is 0.240. The van der Waals surface area contributed by atoms with Crippen molar-refractivity contribution >= 4 is 21.8 Å². The van der Waals surface area contributed by atoms with E-state index in [9.17, 15) is 18.0 Å². The molecule has 0 aliphatic carbocycles. The minimum absolute atomic E-state index is 0.0263. The van der Waals surface area contributed by atoms with Crippen LogP contribution in [0.4, 0.5) is 0 Å². The van der Waals surface area contributed by atoms with Crippen LogP contribution in [0.1, 0.15) is 45.6 Å². The number of ether oxygens (including phenoxy) is 2. The van der Waals surface area contributed by atoms with Gasteiger partial charge in [0, 0.05) is 6.42 Å². The number of sulfone groups is 1. The Morgan fingerprint density at radius 1 is 0.960 bits per heavy atom. The molecule has 1 aromatic carbocycles. The summed E-state index contributed by atoms with van der Waals surface area (Å²) in [4.78, 5) is 23.2. The summed E-state index contributed by atoms with van der Waals surface area (Å²) in [7, 11) is -3.40. The zero-order valence-corrected chi connectivity index (χ0v) is 15.8. The molecule has 25 heavy (non-hydrogen) atoms. The lowest BCUT2D eigenvalue weighted by molar-refractivity contribution is -0.154. The monoisotopic (exact) mass is 370 g/mol. The van der Waals surface area contributed by atoms with Gasteiger partial charge < -0.3 is 9.47 Å². The molecule has 0 N–H and O–H groups in total. The van der Waals surface area contributed by atoms with Crippen LogP contribution in [0.25, 0.3) is 0 Å². The highest BCUT2D eigenvalue weighted by Gasteiger charge is 2.19. The summed E-state index contributed by atoms with van der Waals surface area (Å²) in [6.07, 6.45) is 0.0147. The third-order valence-corrected chi connectivity index (χ3v) is 4.85. The highest BCUT2D eigenvalue weighted by atomic mass is 32.2. The molecule has 0 aliphatic rings. The first-order chi connectivity index (χ1) is 11.6. The lowest BCUT2D eigenvalue weighted by Crippen LogP contribution is -2.25. The zero-order chi connectivity index (χ0) is 18.9. The highest BCUT2D eigenvalue weighted by Crippen LogP contribution is 2.10. The van der Waals surface area contributed by atoms with Gasteiger partial charge in [0.25, 0.3) is 0 Å². The molecule has 1 rings (SSSR count). The van der Waals surface area contributed by atoms with Gasteiger partial charge in [0.2, 0.25) is 0 Å². The number of hydrogen-bond acceptors (Lipinski definition) is 6. The third-order valence-electron chi connectivity index (χ3n) is 3.12. The van der Waals surface area contributed by atoms with Crippen molar-refractivity contribution in [2.45, 2.75) is 52.2 Å². The average Bonchev–Trinajstić information content (AvgIpc) is 2.50. The number of esters is 2. The molecule has 0 saturated heterocycles. The number of carbonyl (C=O) groups is 2. The number of hydrogen-bond donors (Lipinski definition) is 0. The Balaban J connectivity index is 2.24. The summed E-state index contributed by atoms with van der Waals surface area (Å²) in [6.45, 7) is 5.34. The molecule has 0 heterocycles. The molecular weight excluding hydrogens is 344 g/mol. The smallest absolute Gasteiger partial charge is 0.307 e. The molecule has 0 radical (unpaired) electrons. The summed E-state index contributed by atoms with van der Waals surface area (Å²) in [6, 6.07) is 9.25. The first kappa shape index (κ1) is 21.2. The molecule has 1 aromatic rings. The molecule has 0 atom stereocenters. The molecule has 140 valence electrons. The van der Waals surface area contributed by atoms with Crippen molar-refractivity contribution in [2.24, 2.45) is 0 Å². The standard InChI is InChI=1S/C18H26O6S/c1-18(2,3)24-17(20)11-13-25(21,22)12-7-10-16(19)23-14-15-8-5-4-6-9-15/h4-6,8-9H,7,10-14H2,1-3H3. The quantitative estimate of drug-likeness (QED) is 0.621. The zero-order valence-electron chi connectivity index (χ0n) is 15.0. The average molecular weight is 370 g/mol. The van der Waals surface area contributed by atoms with Crippen LogP contribution in [0.3, 0.4) is 0 Å². The summed E-state index contributed by atoms with van der Waals surface area (Å²) >= 11 is 0. The molecule has 0 fully saturated rings. The third kappa shape index (κ3) is 10.6. The van der Waals surface area contributed by atoms with Gasteiger partial charge in [-0.25, -0.2) is 8.42 Å². The molecular formula is C18H26O6S. The number of carbonyl (C=O) groups excluding carboxylic acids is 2. The van der Waals surface area contributed by atoms with Crippen molar-refractivity contribution in [3.63, 3.8) is 0 Å². The molecule has 6 nitrogen and oxygen atoms in total. The van der Waals surface area contributed by atoms with Gasteiger partial charge in [-0.1, -0.05) is 30.3 Å². The van der Waals surface area contributed by atoms with E-state index in [4.69, 9.17) is 9.47 Å². The molecule has 7 heteroatoms. The van der Waals surface area contributed by atoms with Crippen LogP contribution in [0.2, 0.25) is 0 Å². The lowest BCUT2D eigenvalue weighted by Gasteiger charge is -2.19. The van der Waals surface area contributed by atoms with Crippen molar-refractivity contribution in [1.29, 1.82) is 0 Å². The van der Waals surface area contributed by atoms with Crippen molar-refractivity contribution in [1.82, 2.24) is 0 Å². The number of rotatable bonds is 9. The van der Waals surface area contributed by atoms with Crippen LogP contribution >= 0.6 is 0 Å². The molecule has 0 unspecified atom stereocenters. The van der Waals surface area contributed by atoms with E-state index in [-0.39, 0.29) is 37.4 Å². The van der Waals surface area contributed by atoms with Crippen LogP contribution in [0.5, 0.6) is 0 Å².